The summed E-state index contributed by atoms with van der Waals surface area (Å²) in [6.07, 6.45) is 0. The van der Waals surface area contributed by atoms with E-state index in [0.717, 1.165) is 17.8 Å². The Balaban J connectivity index is 2.08. The van der Waals surface area contributed by atoms with E-state index in [9.17, 15) is 5.11 Å². The predicted molar refractivity (Wildman–Crippen MR) is 71.3 cm³/mol. The highest BCUT2D eigenvalue weighted by Crippen LogP contribution is 2.20. The van der Waals surface area contributed by atoms with Crippen LogP contribution < -0.4 is 5.32 Å². The van der Waals surface area contributed by atoms with Gasteiger partial charge in [0.15, 0.2) is 0 Å². The van der Waals surface area contributed by atoms with E-state index in [4.69, 9.17) is 0 Å². The van der Waals surface area contributed by atoms with Crippen LogP contribution in [-0.2, 0) is 6.54 Å². The molecule has 0 aliphatic carbocycles. The van der Waals surface area contributed by atoms with Crippen molar-refractivity contribution in [3.8, 4) is 5.75 Å². The van der Waals surface area contributed by atoms with Crippen LogP contribution in [0.15, 0.2) is 42.5 Å². The standard InChI is InChI=1S/C15H17NO/c1-11-5-3-4-6-13(11)10-16-14-7-8-15(17)12(2)9-14/h3-9,16-17H,10H2,1-2H3. The third-order valence-corrected chi connectivity index (χ3v) is 2.94. The largest absolute Gasteiger partial charge is 0.508 e. The number of nitrogens with one attached hydrogen (secondary N) is 1. The first-order valence-corrected chi connectivity index (χ1v) is 5.75. The van der Waals surface area contributed by atoms with Gasteiger partial charge < -0.3 is 10.4 Å². The second-order valence-electron chi connectivity index (χ2n) is 4.28. The molecule has 88 valence electrons. The van der Waals surface area contributed by atoms with Crippen LogP contribution in [0, 0.1) is 13.8 Å². The second-order valence-corrected chi connectivity index (χ2v) is 4.28. The normalized spacial score (nSPS) is 10.2. The van der Waals surface area contributed by atoms with Crippen LogP contribution in [0.4, 0.5) is 5.69 Å². The molecule has 17 heavy (non-hydrogen) atoms. The maximum atomic E-state index is 9.45. The maximum absolute atomic E-state index is 9.45. The zero-order valence-corrected chi connectivity index (χ0v) is 10.2. The molecule has 0 fully saturated rings. The van der Waals surface area contributed by atoms with Crippen molar-refractivity contribution in [2.45, 2.75) is 20.4 Å². The fourth-order valence-electron chi connectivity index (χ4n) is 1.77. The number of anilines is 1. The molecule has 0 spiro atoms. The lowest BCUT2D eigenvalue weighted by Crippen LogP contribution is -2.01. The topological polar surface area (TPSA) is 32.3 Å². The third kappa shape index (κ3) is 2.78. The number of phenols is 1. The van der Waals surface area contributed by atoms with Crippen molar-refractivity contribution in [1.29, 1.82) is 0 Å². The highest BCUT2D eigenvalue weighted by atomic mass is 16.3. The monoisotopic (exact) mass is 227 g/mol. The highest BCUT2D eigenvalue weighted by Gasteiger charge is 1.99. The van der Waals surface area contributed by atoms with Crippen molar-refractivity contribution >= 4 is 5.69 Å². The van der Waals surface area contributed by atoms with Gasteiger partial charge in [0.2, 0.25) is 0 Å². The number of hydrogen-bond donors (Lipinski definition) is 2. The summed E-state index contributed by atoms with van der Waals surface area (Å²) in [6.45, 7) is 4.81. The van der Waals surface area contributed by atoms with Gasteiger partial charge in [0.05, 0.1) is 0 Å². The Morgan fingerprint density at radius 2 is 1.76 bits per heavy atom. The molecule has 0 aliphatic heterocycles. The van der Waals surface area contributed by atoms with E-state index in [0.29, 0.717) is 5.75 Å². The number of benzene rings is 2. The van der Waals surface area contributed by atoms with Gasteiger partial charge >= 0.3 is 0 Å². The predicted octanol–water partition coefficient (Wildman–Crippen LogP) is 3.62. The van der Waals surface area contributed by atoms with Crippen molar-refractivity contribution < 1.29 is 5.11 Å². The first kappa shape index (κ1) is 11.5. The van der Waals surface area contributed by atoms with Crippen LogP contribution in [0.3, 0.4) is 0 Å². The fraction of sp³-hybridized carbons (Fsp3) is 0.200. The molecule has 0 heterocycles. The Morgan fingerprint density at radius 1 is 1.00 bits per heavy atom. The van der Waals surface area contributed by atoms with Crippen LogP contribution in [0.1, 0.15) is 16.7 Å². The van der Waals surface area contributed by atoms with Crippen LogP contribution in [0.5, 0.6) is 5.75 Å². The van der Waals surface area contributed by atoms with Gasteiger partial charge in [0.1, 0.15) is 5.75 Å². The third-order valence-electron chi connectivity index (χ3n) is 2.94. The molecule has 0 saturated heterocycles. The Labute approximate surface area is 102 Å². The van der Waals surface area contributed by atoms with Gasteiger partial charge in [0, 0.05) is 12.2 Å². The summed E-state index contributed by atoms with van der Waals surface area (Å²) in [5.41, 5.74) is 4.50. The molecule has 0 saturated carbocycles. The molecule has 2 heteroatoms. The molecule has 0 unspecified atom stereocenters. The van der Waals surface area contributed by atoms with Crippen LogP contribution in [0.2, 0.25) is 0 Å². The molecule has 2 N–H and O–H groups in total. The van der Waals surface area contributed by atoms with E-state index < -0.39 is 0 Å². The smallest absolute Gasteiger partial charge is 0.118 e. The van der Waals surface area contributed by atoms with Crippen LogP contribution >= 0.6 is 0 Å². The molecular formula is C15H17NO. The first-order chi connectivity index (χ1) is 8.16. The lowest BCUT2D eigenvalue weighted by molar-refractivity contribution is 0.471. The lowest BCUT2D eigenvalue weighted by atomic mass is 10.1. The number of aromatic hydroxyl groups is 1. The minimum atomic E-state index is 0.339. The molecular weight excluding hydrogens is 210 g/mol. The average Bonchev–Trinajstić information content (AvgIpc) is 2.32. The summed E-state index contributed by atoms with van der Waals surface area (Å²) in [5, 5.41) is 12.8. The molecule has 0 atom stereocenters. The minimum Gasteiger partial charge on any atom is -0.508 e. The van der Waals surface area contributed by atoms with Crippen molar-refractivity contribution in [2.75, 3.05) is 5.32 Å². The van der Waals surface area contributed by atoms with E-state index in [2.05, 4.69) is 24.4 Å². The van der Waals surface area contributed by atoms with E-state index in [-0.39, 0.29) is 0 Å². The Kier molecular flexibility index (Phi) is 3.33. The quantitative estimate of drug-likeness (QED) is 0.785. The van der Waals surface area contributed by atoms with Crippen molar-refractivity contribution in [3.05, 3.63) is 59.2 Å². The fourth-order valence-corrected chi connectivity index (χ4v) is 1.77. The molecule has 2 rings (SSSR count). The van der Waals surface area contributed by atoms with E-state index >= 15 is 0 Å². The van der Waals surface area contributed by atoms with Gasteiger partial charge in [-0.05, 0) is 48.7 Å². The van der Waals surface area contributed by atoms with Gasteiger partial charge in [-0.2, -0.15) is 0 Å². The van der Waals surface area contributed by atoms with E-state index in [1.54, 1.807) is 6.07 Å². The van der Waals surface area contributed by atoms with Crippen LogP contribution in [0.25, 0.3) is 0 Å². The number of hydrogen-bond acceptors (Lipinski definition) is 2. The first-order valence-electron chi connectivity index (χ1n) is 5.75. The average molecular weight is 227 g/mol. The van der Waals surface area contributed by atoms with Gasteiger partial charge in [-0.1, -0.05) is 24.3 Å². The zero-order valence-electron chi connectivity index (χ0n) is 10.2. The lowest BCUT2D eigenvalue weighted by Gasteiger charge is -2.10. The number of rotatable bonds is 3. The molecule has 0 aliphatic rings. The summed E-state index contributed by atoms with van der Waals surface area (Å²) < 4.78 is 0. The van der Waals surface area contributed by atoms with E-state index in [1.807, 2.05) is 31.2 Å². The Hall–Kier alpha value is -1.96. The molecule has 2 aromatic carbocycles. The Bertz CT molecular complexity index is 520. The van der Waals surface area contributed by atoms with Gasteiger partial charge in [0.25, 0.3) is 0 Å². The second kappa shape index (κ2) is 4.91. The van der Waals surface area contributed by atoms with Crippen molar-refractivity contribution in [3.63, 3.8) is 0 Å². The number of phenolic OH excluding ortho intramolecular Hbond substituents is 1. The highest BCUT2D eigenvalue weighted by molar-refractivity contribution is 5.50. The van der Waals surface area contributed by atoms with E-state index in [1.165, 1.54) is 11.1 Å². The summed E-state index contributed by atoms with van der Waals surface area (Å²) in [4.78, 5) is 0. The zero-order chi connectivity index (χ0) is 12.3. The number of aryl methyl sites for hydroxylation is 2. The molecule has 0 aromatic heterocycles. The minimum absolute atomic E-state index is 0.339. The van der Waals surface area contributed by atoms with Crippen molar-refractivity contribution in [2.24, 2.45) is 0 Å². The molecule has 2 nitrogen and oxygen atoms in total. The summed E-state index contributed by atoms with van der Waals surface area (Å²) in [7, 11) is 0. The van der Waals surface area contributed by atoms with Crippen molar-refractivity contribution in [1.82, 2.24) is 0 Å². The van der Waals surface area contributed by atoms with Gasteiger partial charge in [-0.25, -0.2) is 0 Å². The Morgan fingerprint density at radius 3 is 2.47 bits per heavy atom. The maximum Gasteiger partial charge on any atom is 0.118 e. The SMILES string of the molecule is Cc1cc(NCc2ccccc2C)ccc1O. The van der Waals surface area contributed by atoms with Crippen LogP contribution in [-0.4, -0.2) is 5.11 Å². The summed E-state index contributed by atoms with van der Waals surface area (Å²) in [5.74, 6) is 0.339. The summed E-state index contributed by atoms with van der Waals surface area (Å²) in [6, 6.07) is 13.9. The molecule has 0 bridgehead atoms. The molecule has 0 radical (unpaired) electrons. The molecule has 0 amide bonds. The van der Waals surface area contributed by atoms with Gasteiger partial charge in [-0.3, -0.25) is 0 Å². The summed E-state index contributed by atoms with van der Waals surface area (Å²) >= 11 is 0. The van der Waals surface area contributed by atoms with Gasteiger partial charge in [-0.15, -0.1) is 0 Å². The molecule has 2 aromatic rings.